The van der Waals surface area contributed by atoms with Gasteiger partial charge < -0.3 is 15.0 Å². The molecule has 2 aromatic carbocycles. The van der Waals surface area contributed by atoms with Crippen LogP contribution in [0.5, 0.6) is 0 Å². The molecule has 0 unspecified atom stereocenters. The number of benzene rings is 2. The maximum absolute atomic E-state index is 13.1. The van der Waals surface area contributed by atoms with Crippen LogP contribution < -0.4 is 10.2 Å². The highest BCUT2D eigenvalue weighted by Gasteiger charge is 2.35. The zero-order valence-electron chi connectivity index (χ0n) is 22.2. The Morgan fingerprint density at radius 2 is 1.79 bits per heavy atom. The first kappa shape index (κ1) is 29.6. The van der Waals surface area contributed by atoms with Crippen LogP contribution in [0.25, 0.3) is 0 Å². The Morgan fingerprint density at radius 1 is 1.11 bits per heavy atom. The van der Waals surface area contributed by atoms with Crippen molar-refractivity contribution in [3.8, 4) is 0 Å². The van der Waals surface area contributed by atoms with Crippen molar-refractivity contribution in [2.75, 3.05) is 23.3 Å². The fourth-order valence-corrected chi connectivity index (χ4v) is 4.68. The molecule has 1 atom stereocenters. The summed E-state index contributed by atoms with van der Waals surface area (Å²) in [6.07, 6.45) is -1.93. The normalized spacial score (nSPS) is 16.2. The summed E-state index contributed by atoms with van der Waals surface area (Å²) in [6.45, 7) is 8.82. The van der Waals surface area contributed by atoms with Crippen molar-refractivity contribution >= 4 is 35.0 Å². The largest absolute Gasteiger partial charge is 0.444 e. The summed E-state index contributed by atoms with van der Waals surface area (Å²) < 4.78 is 44.2. The highest BCUT2D eigenvalue weighted by atomic mass is 35.5. The van der Waals surface area contributed by atoms with Crippen molar-refractivity contribution in [1.29, 1.82) is 0 Å². The molecular weight excluding hydrogens is 519 g/mol. The van der Waals surface area contributed by atoms with Gasteiger partial charge >= 0.3 is 12.3 Å². The minimum atomic E-state index is -4.38. The third-order valence-electron chi connectivity index (χ3n) is 6.14. The summed E-state index contributed by atoms with van der Waals surface area (Å²) in [6, 6.07) is 9.60. The van der Waals surface area contributed by atoms with E-state index in [-0.39, 0.29) is 5.91 Å². The predicted octanol–water partition coefficient (Wildman–Crippen LogP) is 7.50. The van der Waals surface area contributed by atoms with Gasteiger partial charge in [-0.05, 0) is 82.3 Å². The van der Waals surface area contributed by atoms with Crippen LogP contribution in [0.4, 0.5) is 29.3 Å². The number of amides is 2. The molecule has 38 heavy (non-hydrogen) atoms. The molecule has 6 nitrogen and oxygen atoms in total. The average molecular weight is 554 g/mol. The van der Waals surface area contributed by atoms with E-state index in [1.54, 1.807) is 39.0 Å². The number of halogens is 4. The molecule has 2 aromatic rings. The number of rotatable bonds is 7. The number of likely N-dealkylation sites (tertiary alicyclic amines) is 1. The number of alkyl halides is 3. The molecule has 1 heterocycles. The Kier molecular flexibility index (Phi) is 9.57. The van der Waals surface area contributed by atoms with E-state index in [0.29, 0.717) is 42.5 Å². The van der Waals surface area contributed by atoms with E-state index in [0.717, 1.165) is 37.0 Å². The molecule has 0 spiro atoms. The quantitative estimate of drug-likeness (QED) is 0.385. The number of hydrogen-bond donors (Lipinski definition) is 1. The Labute approximate surface area is 227 Å². The van der Waals surface area contributed by atoms with E-state index >= 15 is 0 Å². The van der Waals surface area contributed by atoms with Crippen molar-refractivity contribution in [3.63, 3.8) is 0 Å². The molecule has 0 saturated carbocycles. The number of anilines is 2. The minimum Gasteiger partial charge on any atom is -0.444 e. The molecule has 0 aromatic heterocycles. The van der Waals surface area contributed by atoms with Crippen LogP contribution >= 0.6 is 11.6 Å². The lowest BCUT2D eigenvalue weighted by Gasteiger charge is -2.35. The molecule has 3 rings (SSSR count). The molecule has 1 saturated heterocycles. The minimum absolute atomic E-state index is 0.311. The zero-order chi connectivity index (χ0) is 28.1. The van der Waals surface area contributed by atoms with E-state index < -0.39 is 29.5 Å². The maximum atomic E-state index is 13.1. The monoisotopic (exact) mass is 553 g/mol. The molecule has 1 fully saturated rings. The van der Waals surface area contributed by atoms with Gasteiger partial charge in [0.25, 0.3) is 0 Å². The van der Waals surface area contributed by atoms with Gasteiger partial charge in [0, 0.05) is 25.3 Å². The summed E-state index contributed by atoms with van der Waals surface area (Å²) in [5.74, 6) is -0.311. The van der Waals surface area contributed by atoms with Gasteiger partial charge in [-0.15, -0.1) is 0 Å². The average Bonchev–Trinajstić information content (AvgIpc) is 2.82. The highest BCUT2D eigenvalue weighted by Crippen LogP contribution is 2.32. The van der Waals surface area contributed by atoms with Gasteiger partial charge in [-0.25, -0.2) is 4.79 Å². The number of hydrogen-bond acceptors (Lipinski definition) is 4. The second-order valence-corrected chi connectivity index (χ2v) is 10.9. The lowest BCUT2D eigenvalue weighted by Crippen LogP contribution is -2.51. The second kappa shape index (κ2) is 12.3. The summed E-state index contributed by atoms with van der Waals surface area (Å²) in [4.78, 5) is 29.3. The van der Waals surface area contributed by atoms with Crippen molar-refractivity contribution in [3.05, 3.63) is 58.6 Å². The summed E-state index contributed by atoms with van der Waals surface area (Å²) in [5, 5.41) is 3.27. The standard InChI is InChI=1S/C28H35ClF3N3O3/c1-5-15-34(18-19-9-11-20(12-10-19)28(30,31)32)23-14-13-21(17-22(23)29)33-25(36)24-8-6-7-16-35(24)26(37)38-27(2,3)4/h9-14,17,24H,5-8,15-16,18H2,1-4H3,(H,33,36)/t24-/m1/s1. The van der Waals surface area contributed by atoms with Crippen molar-refractivity contribution in [2.24, 2.45) is 0 Å². The maximum Gasteiger partial charge on any atom is 0.416 e. The second-order valence-electron chi connectivity index (χ2n) is 10.5. The van der Waals surface area contributed by atoms with Gasteiger partial charge in [-0.2, -0.15) is 13.2 Å². The highest BCUT2D eigenvalue weighted by molar-refractivity contribution is 6.33. The van der Waals surface area contributed by atoms with Crippen molar-refractivity contribution < 1.29 is 27.5 Å². The molecular formula is C28H35ClF3N3O3. The van der Waals surface area contributed by atoms with Crippen LogP contribution in [0.1, 0.15) is 64.5 Å². The van der Waals surface area contributed by atoms with E-state index in [1.165, 1.54) is 17.0 Å². The topological polar surface area (TPSA) is 61.9 Å². The van der Waals surface area contributed by atoms with Gasteiger partial charge in [-0.3, -0.25) is 9.69 Å². The first-order valence-corrected chi connectivity index (χ1v) is 13.2. The van der Waals surface area contributed by atoms with E-state index in [1.807, 2.05) is 11.8 Å². The van der Waals surface area contributed by atoms with Gasteiger partial charge in [0.1, 0.15) is 11.6 Å². The molecule has 10 heteroatoms. The van der Waals surface area contributed by atoms with Crippen LogP contribution in [0.15, 0.2) is 42.5 Å². The summed E-state index contributed by atoms with van der Waals surface area (Å²) in [7, 11) is 0. The van der Waals surface area contributed by atoms with Crippen molar-refractivity contribution in [2.45, 2.75) is 77.7 Å². The first-order chi connectivity index (χ1) is 17.8. The Morgan fingerprint density at radius 3 is 2.37 bits per heavy atom. The Balaban J connectivity index is 1.72. The van der Waals surface area contributed by atoms with Crippen LogP contribution in [-0.4, -0.2) is 41.6 Å². The van der Waals surface area contributed by atoms with Crippen LogP contribution in [0.3, 0.4) is 0 Å². The fraction of sp³-hybridized carbons (Fsp3) is 0.500. The molecule has 0 radical (unpaired) electrons. The lowest BCUT2D eigenvalue weighted by atomic mass is 10.0. The molecule has 0 bridgehead atoms. The predicted molar refractivity (Wildman–Crippen MR) is 143 cm³/mol. The number of ether oxygens (including phenoxy) is 1. The van der Waals surface area contributed by atoms with E-state index in [4.69, 9.17) is 16.3 Å². The number of carbonyl (C=O) groups excluding carboxylic acids is 2. The van der Waals surface area contributed by atoms with Crippen molar-refractivity contribution in [1.82, 2.24) is 4.90 Å². The number of nitrogens with one attached hydrogen (secondary N) is 1. The number of nitrogens with zero attached hydrogens (tertiary/aromatic N) is 2. The van der Waals surface area contributed by atoms with E-state index in [2.05, 4.69) is 5.32 Å². The summed E-state index contributed by atoms with van der Waals surface area (Å²) >= 11 is 6.61. The SMILES string of the molecule is CCCN(Cc1ccc(C(F)(F)F)cc1)c1ccc(NC(=O)[C@H]2CCCCN2C(=O)OC(C)(C)C)cc1Cl. The van der Waals surface area contributed by atoms with Gasteiger partial charge in [-0.1, -0.05) is 30.7 Å². The van der Waals surface area contributed by atoms with Crippen LogP contribution in [0, 0.1) is 0 Å². The van der Waals surface area contributed by atoms with Crippen LogP contribution in [-0.2, 0) is 22.3 Å². The zero-order valence-corrected chi connectivity index (χ0v) is 23.0. The smallest absolute Gasteiger partial charge is 0.416 e. The molecule has 208 valence electrons. The Hall–Kier alpha value is -2.94. The first-order valence-electron chi connectivity index (χ1n) is 12.8. The van der Waals surface area contributed by atoms with E-state index in [9.17, 15) is 22.8 Å². The van der Waals surface area contributed by atoms with Gasteiger partial charge in [0.05, 0.1) is 16.3 Å². The fourth-order valence-electron chi connectivity index (χ4n) is 4.38. The Bertz CT molecular complexity index is 1120. The third kappa shape index (κ3) is 8.03. The third-order valence-corrected chi connectivity index (χ3v) is 6.44. The van der Waals surface area contributed by atoms with Gasteiger partial charge in [0.15, 0.2) is 0 Å². The molecule has 1 N–H and O–H groups in total. The lowest BCUT2D eigenvalue weighted by molar-refractivity contribution is -0.137. The molecule has 2 amide bonds. The van der Waals surface area contributed by atoms with Gasteiger partial charge in [0.2, 0.25) is 5.91 Å². The van der Waals surface area contributed by atoms with Crippen LogP contribution in [0.2, 0.25) is 5.02 Å². The number of carbonyl (C=O) groups is 2. The number of piperidine rings is 1. The summed E-state index contributed by atoms with van der Waals surface area (Å²) in [5.41, 5.74) is 0.567. The molecule has 0 aliphatic carbocycles. The molecule has 1 aliphatic heterocycles. The molecule has 1 aliphatic rings.